The van der Waals surface area contributed by atoms with Crippen LogP contribution in [0.4, 0.5) is 36.3 Å². The van der Waals surface area contributed by atoms with Crippen LogP contribution in [0.5, 0.6) is 5.75 Å². The van der Waals surface area contributed by atoms with E-state index in [0.717, 1.165) is 27.6 Å². The van der Waals surface area contributed by atoms with Crippen molar-refractivity contribution in [3.8, 4) is 5.75 Å². The van der Waals surface area contributed by atoms with Crippen molar-refractivity contribution in [3.05, 3.63) is 63.9 Å². The van der Waals surface area contributed by atoms with Crippen molar-refractivity contribution in [3.63, 3.8) is 0 Å². The summed E-state index contributed by atoms with van der Waals surface area (Å²) in [4.78, 5) is 9.70. The molecule has 0 radical (unpaired) electrons. The first kappa shape index (κ1) is 22.1. The minimum atomic E-state index is -4.58. The highest BCUT2D eigenvalue weighted by Gasteiger charge is 2.35. The Morgan fingerprint density at radius 3 is 2.33 bits per heavy atom. The van der Waals surface area contributed by atoms with Gasteiger partial charge in [0.25, 0.3) is 0 Å². The van der Waals surface area contributed by atoms with Gasteiger partial charge in [0.1, 0.15) is 17.1 Å². The van der Waals surface area contributed by atoms with Crippen molar-refractivity contribution in [2.24, 2.45) is 0 Å². The van der Waals surface area contributed by atoms with E-state index in [0.29, 0.717) is 12.3 Å². The Balaban J connectivity index is 1.90. The molecule has 0 bridgehead atoms. The molecule has 5 nitrogen and oxygen atoms in total. The number of hydrogen-bond acceptors (Lipinski definition) is 5. The van der Waals surface area contributed by atoms with Gasteiger partial charge in [-0.1, -0.05) is 6.92 Å². The summed E-state index contributed by atoms with van der Waals surface area (Å²) in [5.41, 5.74) is 0.297. The lowest BCUT2D eigenvalue weighted by Gasteiger charge is -2.20. The Hall–Kier alpha value is -2.56. The maximum atomic E-state index is 13.5. The zero-order chi connectivity index (χ0) is 21.7. The number of rotatable bonds is 7. The smallest absolute Gasteiger partial charge is 0.421 e. The maximum absolute atomic E-state index is 13.5. The van der Waals surface area contributed by atoms with Gasteiger partial charge in [0.05, 0.1) is 6.61 Å². The third kappa shape index (κ3) is 5.53. The number of nitrogens with zero attached hydrogens (tertiary/aromatic N) is 3. The minimum Gasteiger partial charge on any atom is -0.494 e. The number of nitrogens with one attached hydrogen (secondary N) is 1. The lowest BCUT2D eigenvalue weighted by atomic mass is 10.2. The second-order valence-corrected chi connectivity index (χ2v) is 7.71. The summed E-state index contributed by atoms with van der Waals surface area (Å²) in [6, 6.07) is 14.2. The van der Waals surface area contributed by atoms with Crippen LogP contribution < -0.4 is 15.0 Å². The summed E-state index contributed by atoms with van der Waals surface area (Å²) in [7, 11) is 1.69. The Morgan fingerprint density at radius 2 is 1.73 bits per heavy atom. The lowest BCUT2D eigenvalue weighted by Crippen LogP contribution is -2.17. The van der Waals surface area contributed by atoms with Gasteiger partial charge < -0.3 is 15.0 Å². The summed E-state index contributed by atoms with van der Waals surface area (Å²) < 4.78 is 46.9. The number of ether oxygens (including phenoxy) is 1. The second-order valence-electron chi connectivity index (χ2n) is 6.46. The van der Waals surface area contributed by atoms with Gasteiger partial charge in [0.15, 0.2) is 0 Å². The van der Waals surface area contributed by atoms with Gasteiger partial charge in [-0.25, -0.2) is 4.98 Å². The van der Waals surface area contributed by atoms with Crippen LogP contribution in [-0.2, 0) is 6.18 Å². The maximum Gasteiger partial charge on any atom is 0.421 e. The number of alkyl halides is 3. The van der Waals surface area contributed by atoms with Gasteiger partial charge in [0.2, 0.25) is 5.95 Å². The van der Waals surface area contributed by atoms with Crippen LogP contribution >= 0.6 is 22.6 Å². The second kappa shape index (κ2) is 9.50. The molecule has 1 heterocycles. The number of halogens is 4. The van der Waals surface area contributed by atoms with Crippen LogP contribution in [0, 0.1) is 3.57 Å². The molecule has 0 aliphatic heterocycles. The van der Waals surface area contributed by atoms with Crippen molar-refractivity contribution in [1.82, 2.24) is 9.97 Å². The molecule has 0 saturated carbocycles. The molecule has 158 valence electrons. The molecule has 9 heteroatoms. The average molecular weight is 528 g/mol. The first-order valence-corrected chi connectivity index (χ1v) is 10.3. The van der Waals surface area contributed by atoms with E-state index < -0.39 is 11.7 Å². The normalized spacial score (nSPS) is 11.3. The predicted molar refractivity (Wildman–Crippen MR) is 120 cm³/mol. The molecule has 3 aromatic rings. The molecule has 0 saturated heterocycles. The van der Waals surface area contributed by atoms with Crippen molar-refractivity contribution in [2.45, 2.75) is 19.5 Å². The average Bonchev–Trinajstić information content (AvgIpc) is 2.73. The van der Waals surface area contributed by atoms with Crippen molar-refractivity contribution in [1.29, 1.82) is 0 Å². The van der Waals surface area contributed by atoms with Gasteiger partial charge >= 0.3 is 6.18 Å². The quantitative estimate of drug-likeness (QED) is 0.360. The van der Waals surface area contributed by atoms with Gasteiger partial charge in [-0.3, -0.25) is 0 Å². The highest BCUT2D eigenvalue weighted by Crippen LogP contribution is 2.36. The molecule has 0 atom stereocenters. The molecule has 1 aromatic heterocycles. The van der Waals surface area contributed by atoms with Crippen molar-refractivity contribution >= 4 is 45.7 Å². The van der Waals surface area contributed by atoms with Crippen LogP contribution in [-0.4, -0.2) is 23.6 Å². The van der Waals surface area contributed by atoms with Crippen LogP contribution in [0.15, 0.2) is 54.7 Å². The van der Waals surface area contributed by atoms with Crippen molar-refractivity contribution in [2.75, 3.05) is 23.9 Å². The number of benzene rings is 2. The topological polar surface area (TPSA) is 50.3 Å². The van der Waals surface area contributed by atoms with E-state index in [2.05, 4.69) is 37.9 Å². The van der Waals surface area contributed by atoms with Crippen LogP contribution in [0.3, 0.4) is 0 Å². The molecule has 0 amide bonds. The monoisotopic (exact) mass is 528 g/mol. The van der Waals surface area contributed by atoms with Gasteiger partial charge in [-0.15, -0.1) is 0 Å². The molecule has 1 N–H and O–H groups in total. The van der Waals surface area contributed by atoms with Gasteiger partial charge in [0, 0.05) is 28.2 Å². The van der Waals surface area contributed by atoms with Crippen molar-refractivity contribution < 1.29 is 17.9 Å². The molecular weight excluding hydrogens is 508 g/mol. The van der Waals surface area contributed by atoms with Crippen LogP contribution in [0.25, 0.3) is 0 Å². The number of aromatic nitrogens is 2. The molecule has 0 aliphatic rings. The Bertz CT molecular complexity index is 979. The SMILES string of the molecule is CCCOc1ccc(N(C)c2ncc(C(F)(F)F)c(Nc3ccc(I)cc3)n2)cc1. The van der Waals surface area contributed by atoms with E-state index in [1.165, 1.54) is 0 Å². The summed E-state index contributed by atoms with van der Waals surface area (Å²) in [6.07, 6.45) is -2.88. The van der Waals surface area contributed by atoms with Gasteiger partial charge in [-0.05, 0) is 77.5 Å². The van der Waals surface area contributed by atoms with Crippen LogP contribution in [0.1, 0.15) is 18.9 Å². The third-order valence-corrected chi connectivity index (χ3v) is 4.90. The summed E-state index contributed by atoms with van der Waals surface area (Å²) >= 11 is 2.13. The summed E-state index contributed by atoms with van der Waals surface area (Å²) in [5.74, 6) is 0.560. The fourth-order valence-electron chi connectivity index (χ4n) is 2.61. The Morgan fingerprint density at radius 1 is 1.07 bits per heavy atom. The molecule has 3 rings (SSSR count). The first-order valence-electron chi connectivity index (χ1n) is 9.21. The molecule has 0 aliphatic carbocycles. The van der Waals surface area contributed by atoms with E-state index in [4.69, 9.17) is 4.74 Å². The fourth-order valence-corrected chi connectivity index (χ4v) is 2.97. The highest BCUT2D eigenvalue weighted by atomic mass is 127. The third-order valence-electron chi connectivity index (χ3n) is 4.19. The Kier molecular flexibility index (Phi) is 7.01. The summed E-state index contributed by atoms with van der Waals surface area (Å²) in [5, 5.41) is 2.76. The lowest BCUT2D eigenvalue weighted by molar-refractivity contribution is -0.137. The largest absolute Gasteiger partial charge is 0.494 e. The Labute approximate surface area is 186 Å². The first-order chi connectivity index (χ1) is 14.3. The number of anilines is 4. The molecule has 0 spiro atoms. The number of hydrogen-bond donors (Lipinski definition) is 1. The van der Waals surface area contributed by atoms with E-state index in [-0.39, 0.29) is 11.8 Å². The minimum absolute atomic E-state index is 0.137. The van der Waals surface area contributed by atoms with Gasteiger partial charge in [-0.2, -0.15) is 18.2 Å². The molecule has 0 unspecified atom stereocenters. The molecule has 0 fully saturated rings. The predicted octanol–water partition coefficient (Wildman–Crippen LogP) is 6.40. The zero-order valence-corrected chi connectivity index (χ0v) is 18.5. The standard InChI is InChI=1S/C21H20F3IN4O/c1-3-12-30-17-10-8-16(9-11-17)29(2)20-26-13-18(21(22,23)24)19(28-20)27-15-6-4-14(25)5-7-15/h4-11,13H,3,12H2,1-2H3,(H,26,27,28). The summed E-state index contributed by atoms with van der Waals surface area (Å²) in [6.45, 7) is 2.64. The van der Waals surface area contributed by atoms with E-state index in [1.54, 1.807) is 60.5 Å². The van der Waals surface area contributed by atoms with Crippen LogP contribution in [0.2, 0.25) is 0 Å². The van der Waals surface area contributed by atoms with E-state index >= 15 is 0 Å². The molecular formula is C21H20F3IN4O. The molecule has 30 heavy (non-hydrogen) atoms. The fraction of sp³-hybridized carbons (Fsp3) is 0.238. The van der Waals surface area contributed by atoms with E-state index in [9.17, 15) is 13.2 Å². The van der Waals surface area contributed by atoms with E-state index in [1.807, 2.05) is 6.92 Å². The highest BCUT2D eigenvalue weighted by molar-refractivity contribution is 14.1. The zero-order valence-electron chi connectivity index (χ0n) is 16.4. The molecule has 2 aromatic carbocycles.